The molecule has 0 radical (unpaired) electrons. The third-order valence-electron chi connectivity index (χ3n) is 4.79. The number of halogens is 2. The molecule has 2 aromatic carbocycles. The van der Waals surface area contributed by atoms with Crippen LogP contribution in [0, 0.1) is 17.6 Å². The SMILES string of the molecule is CC(C)N(Cc1ccccc1)C(=O)C1CN(C(=O)c2ccc(F)c(F)c2)C1. The van der Waals surface area contributed by atoms with Gasteiger partial charge in [-0.1, -0.05) is 30.3 Å². The van der Waals surface area contributed by atoms with Crippen molar-refractivity contribution in [2.45, 2.75) is 26.4 Å². The van der Waals surface area contributed by atoms with E-state index in [2.05, 4.69) is 0 Å². The second-order valence-electron chi connectivity index (χ2n) is 7.08. The van der Waals surface area contributed by atoms with E-state index in [-0.39, 0.29) is 36.5 Å². The minimum atomic E-state index is -1.05. The van der Waals surface area contributed by atoms with Crippen molar-refractivity contribution in [2.75, 3.05) is 13.1 Å². The van der Waals surface area contributed by atoms with Crippen LogP contribution in [0.25, 0.3) is 0 Å². The van der Waals surface area contributed by atoms with Gasteiger partial charge in [0.15, 0.2) is 11.6 Å². The fraction of sp³-hybridized carbons (Fsp3) is 0.333. The fourth-order valence-electron chi connectivity index (χ4n) is 3.14. The Morgan fingerprint density at radius 1 is 1.07 bits per heavy atom. The highest BCUT2D eigenvalue weighted by Crippen LogP contribution is 2.23. The Kier molecular flexibility index (Phi) is 5.54. The van der Waals surface area contributed by atoms with Crippen molar-refractivity contribution in [1.29, 1.82) is 0 Å². The van der Waals surface area contributed by atoms with Gasteiger partial charge in [-0.05, 0) is 37.6 Å². The number of carbonyl (C=O) groups is 2. The van der Waals surface area contributed by atoms with E-state index in [9.17, 15) is 18.4 Å². The van der Waals surface area contributed by atoms with E-state index in [4.69, 9.17) is 0 Å². The lowest BCUT2D eigenvalue weighted by atomic mass is 9.96. The number of hydrogen-bond donors (Lipinski definition) is 0. The molecule has 0 atom stereocenters. The van der Waals surface area contributed by atoms with E-state index in [0.717, 1.165) is 17.7 Å². The summed E-state index contributed by atoms with van der Waals surface area (Å²) in [7, 11) is 0. The van der Waals surface area contributed by atoms with Crippen molar-refractivity contribution in [1.82, 2.24) is 9.80 Å². The van der Waals surface area contributed by atoms with Crippen molar-refractivity contribution in [3.63, 3.8) is 0 Å². The molecule has 1 aliphatic heterocycles. The van der Waals surface area contributed by atoms with Gasteiger partial charge < -0.3 is 9.80 Å². The molecule has 0 aromatic heterocycles. The lowest BCUT2D eigenvalue weighted by Gasteiger charge is -2.41. The standard InChI is InChI=1S/C21H22F2N2O2/c1-14(2)25(11-15-6-4-3-5-7-15)21(27)17-12-24(13-17)20(26)16-8-9-18(22)19(23)10-16/h3-10,14,17H,11-13H2,1-2H3. The third kappa shape index (κ3) is 4.15. The molecule has 2 aromatic rings. The first-order valence-corrected chi connectivity index (χ1v) is 8.95. The van der Waals surface area contributed by atoms with Crippen LogP contribution in [0.2, 0.25) is 0 Å². The average molecular weight is 372 g/mol. The van der Waals surface area contributed by atoms with Gasteiger partial charge in [0, 0.05) is 31.2 Å². The molecular formula is C21H22F2N2O2. The number of carbonyl (C=O) groups excluding carboxylic acids is 2. The number of rotatable bonds is 5. The maximum atomic E-state index is 13.3. The van der Waals surface area contributed by atoms with E-state index in [1.165, 1.54) is 11.0 Å². The van der Waals surface area contributed by atoms with Crippen LogP contribution in [0.15, 0.2) is 48.5 Å². The molecule has 2 amide bonds. The molecule has 0 saturated carbocycles. The van der Waals surface area contributed by atoms with Gasteiger partial charge in [-0.25, -0.2) is 8.78 Å². The number of amides is 2. The maximum absolute atomic E-state index is 13.3. The Balaban J connectivity index is 1.62. The molecule has 0 spiro atoms. The smallest absolute Gasteiger partial charge is 0.254 e. The summed E-state index contributed by atoms with van der Waals surface area (Å²) in [5.74, 6) is -2.70. The molecule has 0 aliphatic carbocycles. The molecule has 6 heteroatoms. The minimum Gasteiger partial charge on any atom is -0.337 e. The van der Waals surface area contributed by atoms with Crippen molar-refractivity contribution < 1.29 is 18.4 Å². The highest BCUT2D eigenvalue weighted by atomic mass is 19.2. The van der Waals surface area contributed by atoms with Crippen LogP contribution in [0.4, 0.5) is 8.78 Å². The second kappa shape index (κ2) is 7.86. The van der Waals surface area contributed by atoms with Gasteiger partial charge in [0.25, 0.3) is 5.91 Å². The predicted octanol–water partition coefficient (Wildman–Crippen LogP) is 3.47. The molecule has 1 heterocycles. The number of benzene rings is 2. The third-order valence-corrected chi connectivity index (χ3v) is 4.79. The lowest BCUT2D eigenvalue weighted by Crippen LogP contribution is -2.57. The van der Waals surface area contributed by atoms with Crippen LogP contribution in [0.5, 0.6) is 0 Å². The Labute approximate surface area is 157 Å². The van der Waals surface area contributed by atoms with Crippen LogP contribution >= 0.6 is 0 Å². The Morgan fingerprint density at radius 3 is 2.33 bits per heavy atom. The van der Waals surface area contributed by atoms with Gasteiger partial charge in [0.1, 0.15) is 0 Å². The zero-order valence-corrected chi connectivity index (χ0v) is 15.4. The monoisotopic (exact) mass is 372 g/mol. The summed E-state index contributed by atoms with van der Waals surface area (Å²) in [6.45, 7) is 5.02. The van der Waals surface area contributed by atoms with Crippen molar-refractivity contribution in [3.8, 4) is 0 Å². The highest BCUT2D eigenvalue weighted by molar-refractivity contribution is 5.96. The van der Waals surface area contributed by atoms with Crippen LogP contribution in [-0.2, 0) is 11.3 Å². The molecule has 0 N–H and O–H groups in total. The molecular weight excluding hydrogens is 350 g/mol. The number of nitrogens with zero attached hydrogens (tertiary/aromatic N) is 2. The summed E-state index contributed by atoms with van der Waals surface area (Å²) in [6, 6.07) is 12.9. The molecule has 4 nitrogen and oxygen atoms in total. The zero-order valence-electron chi connectivity index (χ0n) is 15.4. The normalized spacial score (nSPS) is 14.2. The highest BCUT2D eigenvalue weighted by Gasteiger charge is 2.38. The molecule has 1 fully saturated rings. The van der Waals surface area contributed by atoms with E-state index in [1.54, 1.807) is 4.90 Å². The summed E-state index contributed by atoms with van der Waals surface area (Å²) in [5, 5.41) is 0. The summed E-state index contributed by atoms with van der Waals surface area (Å²) in [5.41, 5.74) is 1.14. The number of hydrogen-bond acceptors (Lipinski definition) is 2. The van der Waals surface area contributed by atoms with Crippen molar-refractivity contribution in [2.24, 2.45) is 5.92 Å². The first kappa shape index (κ1) is 19.0. The first-order chi connectivity index (χ1) is 12.9. The summed E-state index contributed by atoms with van der Waals surface area (Å²) in [4.78, 5) is 28.5. The minimum absolute atomic E-state index is 0.00295. The van der Waals surface area contributed by atoms with Crippen LogP contribution in [0.1, 0.15) is 29.8 Å². The summed E-state index contributed by atoms with van der Waals surface area (Å²) < 4.78 is 26.3. The lowest BCUT2D eigenvalue weighted by molar-refractivity contribution is -0.142. The van der Waals surface area contributed by atoms with Crippen LogP contribution < -0.4 is 0 Å². The van der Waals surface area contributed by atoms with Gasteiger partial charge in [-0.2, -0.15) is 0 Å². The van der Waals surface area contributed by atoms with Gasteiger partial charge in [0.05, 0.1) is 5.92 Å². The Bertz CT molecular complexity index is 833. The van der Waals surface area contributed by atoms with Gasteiger partial charge in [-0.3, -0.25) is 9.59 Å². The molecule has 1 aliphatic rings. The van der Waals surface area contributed by atoms with E-state index >= 15 is 0 Å². The fourth-order valence-corrected chi connectivity index (χ4v) is 3.14. The maximum Gasteiger partial charge on any atom is 0.254 e. The number of likely N-dealkylation sites (tertiary alicyclic amines) is 1. The molecule has 1 saturated heterocycles. The first-order valence-electron chi connectivity index (χ1n) is 8.95. The van der Waals surface area contributed by atoms with Crippen LogP contribution in [-0.4, -0.2) is 40.7 Å². The average Bonchev–Trinajstić information content (AvgIpc) is 2.61. The zero-order chi connectivity index (χ0) is 19.6. The van der Waals surface area contributed by atoms with Gasteiger partial charge in [0.2, 0.25) is 5.91 Å². The van der Waals surface area contributed by atoms with Crippen molar-refractivity contribution >= 4 is 11.8 Å². The van der Waals surface area contributed by atoms with Crippen LogP contribution in [0.3, 0.4) is 0 Å². The molecule has 142 valence electrons. The Hall–Kier alpha value is -2.76. The van der Waals surface area contributed by atoms with Gasteiger partial charge >= 0.3 is 0 Å². The van der Waals surface area contributed by atoms with E-state index in [0.29, 0.717) is 6.54 Å². The van der Waals surface area contributed by atoms with E-state index in [1.807, 2.05) is 44.2 Å². The van der Waals surface area contributed by atoms with E-state index < -0.39 is 17.5 Å². The predicted molar refractivity (Wildman–Crippen MR) is 97.9 cm³/mol. The van der Waals surface area contributed by atoms with Crippen molar-refractivity contribution in [3.05, 3.63) is 71.3 Å². The molecule has 0 unspecified atom stereocenters. The van der Waals surface area contributed by atoms with Gasteiger partial charge in [-0.15, -0.1) is 0 Å². The summed E-state index contributed by atoms with van der Waals surface area (Å²) >= 11 is 0. The summed E-state index contributed by atoms with van der Waals surface area (Å²) in [6.07, 6.45) is 0. The quantitative estimate of drug-likeness (QED) is 0.806. The topological polar surface area (TPSA) is 40.6 Å². The largest absolute Gasteiger partial charge is 0.337 e. The Morgan fingerprint density at radius 2 is 1.74 bits per heavy atom. The second-order valence-corrected chi connectivity index (χ2v) is 7.08. The molecule has 0 bridgehead atoms. The molecule has 3 rings (SSSR count). The molecule has 27 heavy (non-hydrogen) atoms.